The van der Waals surface area contributed by atoms with Gasteiger partial charge in [0.1, 0.15) is 12.0 Å². The number of unbranched alkanes of at least 4 members (excludes halogenated alkanes) is 2. The van der Waals surface area contributed by atoms with E-state index in [0.717, 1.165) is 6.42 Å². The summed E-state index contributed by atoms with van der Waals surface area (Å²) in [6, 6.07) is 0. The van der Waals surface area contributed by atoms with Gasteiger partial charge in [0.2, 0.25) is 5.88 Å². The van der Waals surface area contributed by atoms with Crippen LogP contribution >= 0.6 is 0 Å². The van der Waals surface area contributed by atoms with Gasteiger partial charge >= 0.3 is 0 Å². The average Bonchev–Trinajstić information content (AvgIpc) is 2.15. The molecule has 13 heavy (non-hydrogen) atoms. The molecule has 0 unspecified atom stereocenters. The van der Waals surface area contributed by atoms with Crippen LogP contribution in [-0.4, -0.2) is 16.6 Å². The van der Waals surface area contributed by atoms with Crippen molar-refractivity contribution in [3.8, 4) is 5.88 Å². The highest BCUT2D eigenvalue weighted by Gasteiger charge is 1.99. The first-order valence-corrected chi connectivity index (χ1v) is 4.53. The summed E-state index contributed by atoms with van der Waals surface area (Å²) in [5, 5.41) is 0. The summed E-state index contributed by atoms with van der Waals surface area (Å²) in [7, 11) is 0. The van der Waals surface area contributed by atoms with Gasteiger partial charge in [-0.2, -0.15) is 0 Å². The lowest BCUT2D eigenvalue weighted by molar-refractivity contribution is 0.296. The van der Waals surface area contributed by atoms with Crippen molar-refractivity contribution in [2.45, 2.75) is 26.2 Å². The number of rotatable bonds is 5. The van der Waals surface area contributed by atoms with Crippen LogP contribution in [0.25, 0.3) is 0 Å². The van der Waals surface area contributed by atoms with Gasteiger partial charge in [0, 0.05) is 0 Å². The second kappa shape index (κ2) is 5.35. The molecule has 0 atom stereocenters. The van der Waals surface area contributed by atoms with Gasteiger partial charge in [-0.05, 0) is 6.42 Å². The molecule has 0 fully saturated rings. The number of hydrogen-bond donors (Lipinski definition) is 1. The minimum atomic E-state index is 0.492. The molecule has 4 nitrogen and oxygen atoms in total. The lowest BCUT2D eigenvalue weighted by Gasteiger charge is -2.05. The van der Waals surface area contributed by atoms with Crippen molar-refractivity contribution in [1.82, 2.24) is 9.97 Å². The molecule has 0 amide bonds. The van der Waals surface area contributed by atoms with Crippen LogP contribution in [0, 0.1) is 0 Å². The van der Waals surface area contributed by atoms with E-state index in [1.807, 2.05) is 0 Å². The molecular formula is C9H15N3O. The molecule has 0 saturated carbocycles. The van der Waals surface area contributed by atoms with Gasteiger partial charge in [-0.25, -0.2) is 9.97 Å². The molecule has 1 aromatic heterocycles. The molecule has 0 aliphatic heterocycles. The molecule has 0 bridgehead atoms. The van der Waals surface area contributed by atoms with E-state index < -0.39 is 0 Å². The molecule has 72 valence electrons. The van der Waals surface area contributed by atoms with Crippen LogP contribution in [0.1, 0.15) is 26.2 Å². The van der Waals surface area contributed by atoms with Gasteiger partial charge in [0.25, 0.3) is 0 Å². The number of nitrogen functional groups attached to an aromatic ring is 1. The van der Waals surface area contributed by atoms with E-state index in [-0.39, 0.29) is 0 Å². The molecule has 1 aromatic rings. The van der Waals surface area contributed by atoms with Crippen LogP contribution in [0.15, 0.2) is 12.5 Å². The van der Waals surface area contributed by atoms with Gasteiger partial charge < -0.3 is 10.5 Å². The summed E-state index contributed by atoms with van der Waals surface area (Å²) < 4.78 is 5.36. The summed E-state index contributed by atoms with van der Waals surface area (Å²) in [4.78, 5) is 7.69. The van der Waals surface area contributed by atoms with Crippen molar-refractivity contribution < 1.29 is 4.74 Å². The standard InChI is InChI=1S/C9H15N3O/c1-2-3-4-5-13-9-8(10)6-11-7-12-9/h6-7H,2-5,10H2,1H3. The zero-order chi connectivity index (χ0) is 9.52. The quantitative estimate of drug-likeness (QED) is 0.701. The Morgan fingerprint density at radius 2 is 2.31 bits per heavy atom. The molecule has 0 aromatic carbocycles. The third kappa shape index (κ3) is 3.27. The van der Waals surface area contributed by atoms with Crippen molar-refractivity contribution in [3.63, 3.8) is 0 Å². The van der Waals surface area contributed by atoms with Gasteiger partial charge in [-0.1, -0.05) is 19.8 Å². The van der Waals surface area contributed by atoms with Crippen LogP contribution in [0.5, 0.6) is 5.88 Å². The van der Waals surface area contributed by atoms with Gasteiger partial charge in [-0.15, -0.1) is 0 Å². The molecule has 1 heterocycles. The Morgan fingerprint density at radius 3 is 3.00 bits per heavy atom. The summed E-state index contributed by atoms with van der Waals surface area (Å²) in [5.41, 5.74) is 6.08. The van der Waals surface area contributed by atoms with E-state index in [1.54, 1.807) is 6.20 Å². The van der Waals surface area contributed by atoms with E-state index >= 15 is 0 Å². The SMILES string of the molecule is CCCCCOc1ncncc1N. The maximum Gasteiger partial charge on any atom is 0.240 e. The topological polar surface area (TPSA) is 61.0 Å². The molecule has 0 spiro atoms. The fourth-order valence-corrected chi connectivity index (χ4v) is 0.971. The summed E-state index contributed by atoms with van der Waals surface area (Å²) in [6.07, 6.45) is 6.38. The molecule has 0 aliphatic carbocycles. The minimum Gasteiger partial charge on any atom is -0.476 e. The highest BCUT2D eigenvalue weighted by molar-refractivity contribution is 5.44. The summed E-state index contributed by atoms with van der Waals surface area (Å²) in [6.45, 7) is 2.83. The molecular weight excluding hydrogens is 166 g/mol. The predicted molar refractivity (Wildman–Crippen MR) is 51.5 cm³/mol. The van der Waals surface area contributed by atoms with Crippen LogP contribution in [0.2, 0.25) is 0 Å². The zero-order valence-corrected chi connectivity index (χ0v) is 7.86. The number of aromatic nitrogens is 2. The number of nitrogens with zero attached hydrogens (tertiary/aromatic N) is 2. The monoisotopic (exact) mass is 181 g/mol. The van der Waals surface area contributed by atoms with E-state index in [4.69, 9.17) is 10.5 Å². The maximum absolute atomic E-state index is 5.59. The second-order valence-corrected chi connectivity index (χ2v) is 2.84. The van der Waals surface area contributed by atoms with Crippen molar-refractivity contribution in [2.24, 2.45) is 0 Å². The summed E-state index contributed by atoms with van der Waals surface area (Å²) >= 11 is 0. The largest absolute Gasteiger partial charge is 0.476 e. The van der Waals surface area contributed by atoms with Crippen molar-refractivity contribution in [1.29, 1.82) is 0 Å². The Morgan fingerprint density at radius 1 is 1.46 bits per heavy atom. The van der Waals surface area contributed by atoms with Crippen molar-refractivity contribution in [3.05, 3.63) is 12.5 Å². The zero-order valence-electron chi connectivity index (χ0n) is 7.86. The smallest absolute Gasteiger partial charge is 0.240 e. The maximum atomic E-state index is 5.59. The molecule has 1 rings (SSSR count). The minimum absolute atomic E-state index is 0.492. The first-order valence-electron chi connectivity index (χ1n) is 4.53. The van der Waals surface area contributed by atoms with E-state index in [2.05, 4.69) is 16.9 Å². The summed E-state index contributed by atoms with van der Waals surface area (Å²) in [5.74, 6) is 0.492. The Kier molecular flexibility index (Phi) is 4.02. The highest BCUT2D eigenvalue weighted by Crippen LogP contribution is 2.14. The lowest BCUT2D eigenvalue weighted by atomic mass is 10.3. The van der Waals surface area contributed by atoms with Crippen molar-refractivity contribution >= 4 is 5.69 Å². The first kappa shape index (κ1) is 9.77. The van der Waals surface area contributed by atoms with E-state index in [1.165, 1.54) is 19.2 Å². The van der Waals surface area contributed by atoms with Gasteiger partial charge in [0.05, 0.1) is 12.8 Å². The fraction of sp³-hybridized carbons (Fsp3) is 0.556. The van der Waals surface area contributed by atoms with Gasteiger partial charge in [0.15, 0.2) is 0 Å². The third-order valence-corrected chi connectivity index (χ3v) is 1.69. The molecule has 0 saturated heterocycles. The predicted octanol–water partition coefficient (Wildman–Crippen LogP) is 1.63. The van der Waals surface area contributed by atoms with Crippen LogP contribution in [0.3, 0.4) is 0 Å². The Hall–Kier alpha value is -1.32. The average molecular weight is 181 g/mol. The normalized spacial score (nSPS) is 9.92. The molecule has 0 aliphatic rings. The lowest BCUT2D eigenvalue weighted by Crippen LogP contribution is -2.02. The van der Waals surface area contributed by atoms with Crippen LogP contribution < -0.4 is 10.5 Å². The van der Waals surface area contributed by atoms with Crippen LogP contribution in [0.4, 0.5) is 5.69 Å². The Bertz CT molecular complexity index is 252. The molecule has 0 radical (unpaired) electrons. The second-order valence-electron chi connectivity index (χ2n) is 2.84. The molecule has 2 N–H and O–H groups in total. The molecule has 4 heteroatoms. The van der Waals surface area contributed by atoms with E-state index in [9.17, 15) is 0 Å². The third-order valence-electron chi connectivity index (χ3n) is 1.69. The number of nitrogens with two attached hydrogens (primary N) is 1. The Balaban J connectivity index is 2.32. The van der Waals surface area contributed by atoms with Crippen LogP contribution in [-0.2, 0) is 0 Å². The van der Waals surface area contributed by atoms with Gasteiger partial charge in [-0.3, -0.25) is 0 Å². The Labute approximate surface area is 78.1 Å². The highest BCUT2D eigenvalue weighted by atomic mass is 16.5. The first-order chi connectivity index (χ1) is 6.34. The number of anilines is 1. The van der Waals surface area contributed by atoms with Crippen molar-refractivity contribution in [2.75, 3.05) is 12.3 Å². The van der Waals surface area contributed by atoms with E-state index in [0.29, 0.717) is 18.2 Å². The fourth-order valence-electron chi connectivity index (χ4n) is 0.971. The number of ether oxygens (including phenoxy) is 1. The number of hydrogen-bond acceptors (Lipinski definition) is 4.